The number of rotatable bonds is 2. The summed E-state index contributed by atoms with van der Waals surface area (Å²) in [7, 11) is 1.65. The second-order valence-corrected chi connectivity index (χ2v) is 5.29. The number of hydrogen-bond donors (Lipinski definition) is 0. The number of hydrogen-bond acceptors (Lipinski definition) is 4. The lowest BCUT2D eigenvalue weighted by Gasteiger charge is -2.19. The zero-order chi connectivity index (χ0) is 15.3. The van der Waals surface area contributed by atoms with Crippen LogP contribution in [0.3, 0.4) is 0 Å². The second-order valence-electron chi connectivity index (χ2n) is 5.29. The van der Waals surface area contributed by atoms with Crippen LogP contribution in [0.25, 0.3) is 22.4 Å². The molecule has 2 aromatic carbocycles. The fourth-order valence-corrected chi connectivity index (χ4v) is 3.01. The molecule has 4 rings (SSSR count). The molecule has 2 heterocycles. The molecular weight excluding hydrogens is 282 g/mol. The number of fused-ring (bicyclic) bond motifs is 5. The predicted octanol–water partition coefficient (Wildman–Crippen LogP) is 3.18. The summed E-state index contributed by atoms with van der Waals surface area (Å²) < 4.78 is 7.32. The highest BCUT2D eigenvalue weighted by Gasteiger charge is 2.22. The lowest BCUT2D eigenvalue weighted by molar-refractivity contribution is -0.384. The summed E-state index contributed by atoms with van der Waals surface area (Å²) in [5, 5.41) is 11.0. The van der Waals surface area contributed by atoms with E-state index >= 15 is 0 Å². The van der Waals surface area contributed by atoms with Crippen molar-refractivity contribution in [2.24, 2.45) is 0 Å². The lowest BCUT2D eigenvalue weighted by atomic mass is 10.0. The third-order valence-corrected chi connectivity index (χ3v) is 4.10. The van der Waals surface area contributed by atoms with Gasteiger partial charge in [-0.2, -0.15) is 0 Å². The number of nitrogens with zero attached hydrogens (tertiary/aromatic N) is 3. The van der Waals surface area contributed by atoms with Crippen LogP contribution in [-0.4, -0.2) is 21.6 Å². The van der Waals surface area contributed by atoms with E-state index in [-0.39, 0.29) is 10.6 Å². The summed E-state index contributed by atoms with van der Waals surface area (Å²) in [6.45, 7) is 0.757. The largest absolute Gasteiger partial charge is 0.497 e. The number of ether oxygens (including phenoxy) is 1. The SMILES string of the molecule is COc1ccc2c(c1)CCn1c-2nc2ccc([N+](=O)[O-])cc21. The van der Waals surface area contributed by atoms with Crippen LogP contribution in [0, 0.1) is 10.1 Å². The first-order valence-corrected chi connectivity index (χ1v) is 6.99. The summed E-state index contributed by atoms with van der Waals surface area (Å²) in [5.41, 5.74) is 3.94. The van der Waals surface area contributed by atoms with Gasteiger partial charge in [-0.3, -0.25) is 10.1 Å². The van der Waals surface area contributed by atoms with Crippen LogP contribution in [0.4, 0.5) is 5.69 Å². The maximum atomic E-state index is 11.0. The van der Waals surface area contributed by atoms with Gasteiger partial charge in [-0.1, -0.05) is 0 Å². The Hall–Kier alpha value is -2.89. The highest BCUT2D eigenvalue weighted by Crippen LogP contribution is 2.35. The Kier molecular flexibility index (Phi) is 2.66. The molecule has 0 bridgehead atoms. The van der Waals surface area contributed by atoms with E-state index in [1.807, 2.05) is 18.2 Å². The van der Waals surface area contributed by atoms with Crippen LogP contribution in [0.15, 0.2) is 36.4 Å². The van der Waals surface area contributed by atoms with Crippen LogP contribution in [0.5, 0.6) is 5.75 Å². The zero-order valence-corrected chi connectivity index (χ0v) is 11.9. The molecule has 22 heavy (non-hydrogen) atoms. The van der Waals surface area contributed by atoms with Gasteiger partial charge in [0.2, 0.25) is 0 Å². The van der Waals surface area contributed by atoms with Gasteiger partial charge in [0, 0.05) is 24.2 Å². The Labute approximate surface area is 126 Å². The molecule has 0 amide bonds. The summed E-state index contributed by atoms with van der Waals surface area (Å²) in [6, 6.07) is 10.7. The number of benzene rings is 2. The van der Waals surface area contributed by atoms with Gasteiger partial charge in [0.05, 0.1) is 23.1 Å². The minimum atomic E-state index is -0.374. The number of nitro benzene ring substituents is 1. The average Bonchev–Trinajstić information content (AvgIpc) is 2.92. The molecule has 0 spiro atoms. The van der Waals surface area contributed by atoms with Gasteiger partial charge in [-0.25, -0.2) is 4.98 Å². The van der Waals surface area contributed by atoms with E-state index in [1.165, 1.54) is 11.6 Å². The molecule has 1 aliphatic heterocycles. The van der Waals surface area contributed by atoms with Crippen LogP contribution in [0.1, 0.15) is 5.56 Å². The molecule has 1 aromatic heterocycles. The number of methoxy groups -OCH3 is 1. The maximum absolute atomic E-state index is 11.0. The second kappa shape index (κ2) is 4.56. The molecule has 0 fully saturated rings. The minimum Gasteiger partial charge on any atom is -0.497 e. The predicted molar refractivity (Wildman–Crippen MR) is 82.1 cm³/mol. The molecular formula is C16H13N3O3. The first-order valence-electron chi connectivity index (χ1n) is 6.99. The van der Waals surface area contributed by atoms with Crippen LogP contribution in [0.2, 0.25) is 0 Å². The molecule has 6 nitrogen and oxygen atoms in total. The molecule has 110 valence electrons. The Morgan fingerprint density at radius 2 is 2.14 bits per heavy atom. The topological polar surface area (TPSA) is 70.2 Å². The van der Waals surface area contributed by atoms with Crippen molar-refractivity contribution in [3.8, 4) is 17.1 Å². The van der Waals surface area contributed by atoms with Gasteiger partial charge in [-0.15, -0.1) is 0 Å². The fourth-order valence-electron chi connectivity index (χ4n) is 3.01. The van der Waals surface area contributed by atoms with E-state index in [0.717, 1.165) is 41.1 Å². The Morgan fingerprint density at radius 3 is 2.91 bits per heavy atom. The van der Waals surface area contributed by atoms with Crippen molar-refractivity contribution in [3.05, 3.63) is 52.1 Å². The van der Waals surface area contributed by atoms with E-state index in [4.69, 9.17) is 4.74 Å². The highest BCUT2D eigenvalue weighted by molar-refractivity contribution is 5.84. The van der Waals surface area contributed by atoms with Crippen LogP contribution in [-0.2, 0) is 13.0 Å². The summed E-state index contributed by atoms with van der Waals surface area (Å²) >= 11 is 0. The average molecular weight is 295 g/mol. The first-order chi connectivity index (χ1) is 10.7. The Morgan fingerprint density at radius 1 is 1.27 bits per heavy atom. The fraction of sp³-hybridized carbons (Fsp3) is 0.188. The van der Waals surface area contributed by atoms with Gasteiger partial charge in [0.25, 0.3) is 5.69 Å². The maximum Gasteiger partial charge on any atom is 0.271 e. The molecule has 0 N–H and O–H groups in total. The van der Waals surface area contributed by atoms with Crippen molar-refractivity contribution in [2.45, 2.75) is 13.0 Å². The van der Waals surface area contributed by atoms with Gasteiger partial charge >= 0.3 is 0 Å². The van der Waals surface area contributed by atoms with Gasteiger partial charge < -0.3 is 9.30 Å². The van der Waals surface area contributed by atoms with Crippen molar-refractivity contribution < 1.29 is 9.66 Å². The Balaban J connectivity index is 1.94. The molecule has 0 aliphatic carbocycles. The smallest absolute Gasteiger partial charge is 0.271 e. The molecule has 3 aromatic rings. The first kappa shape index (κ1) is 12.8. The number of non-ortho nitro benzene ring substituents is 1. The molecule has 1 aliphatic rings. The summed E-state index contributed by atoms with van der Waals surface area (Å²) in [4.78, 5) is 15.2. The van der Waals surface area contributed by atoms with Gasteiger partial charge in [0.15, 0.2) is 0 Å². The Bertz CT molecular complexity index is 914. The highest BCUT2D eigenvalue weighted by atomic mass is 16.6. The monoisotopic (exact) mass is 295 g/mol. The van der Waals surface area contributed by atoms with Crippen LogP contribution >= 0.6 is 0 Å². The molecule has 0 radical (unpaired) electrons. The van der Waals surface area contributed by atoms with Gasteiger partial charge in [-0.05, 0) is 36.2 Å². The number of imidazole rings is 1. The number of aromatic nitrogens is 2. The van der Waals surface area contributed by atoms with Crippen molar-refractivity contribution >= 4 is 16.7 Å². The van der Waals surface area contributed by atoms with E-state index in [0.29, 0.717) is 0 Å². The summed E-state index contributed by atoms with van der Waals surface area (Å²) in [6.07, 6.45) is 0.855. The quantitative estimate of drug-likeness (QED) is 0.538. The third-order valence-electron chi connectivity index (χ3n) is 4.10. The number of nitro groups is 1. The van der Waals surface area contributed by atoms with Gasteiger partial charge in [0.1, 0.15) is 11.6 Å². The van der Waals surface area contributed by atoms with E-state index in [9.17, 15) is 10.1 Å². The molecule has 0 unspecified atom stereocenters. The molecule has 0 saturated heterocycles. The van der Waals surface area contributed by atoms with E-state index < -0.39 is 0 Å². The zero-order valence-electron chi connectivity index (χ0n) is 11.9. The van der Waals surface area contributed by atoms with Crippen LogP contribution < -0.4 is 4.74 Å². The number of aryl methyl sites for hydroxylation is 2. The summed E-state index contributed by atoms with van der Waals surface area (Å²) in [5.74, 6) is 1.69. The van der Waals surface area contributed by atoms with E-state index in [1.54, 1.807) is 19.2 Å². The van der Waals surface area contributed by atoms with Crippen molar-refractivity contribution in [3.63, 3.8) is 0 Å². The standard InChI is InChI=1S/C16H13N3O3/c1-22-12-3-4-13-10(8-12)6-7-18-15-9-11(19(20)21)2-5-14(15)17-16(13)18/h2-5,8-9H,6-7H2,1H3. The van der Waals surface area contributed by atoms with Crippen molar-refractivity contribution in [1.82, 2.24) is 9.55 Å². The minimum absolute atomic E-state index is 0.0933. The molecule has 0 saturated carbocycles. The van der Waals surface area contributed by atoms with Crippen molar-refractivity contribution in [1.29, 1.82) is 0 Å². The molecule has 0 atom stereocenters. The normalized spacial score (nSPS) is 12.8. The molecule has 6 heteroatoms. The lowest BCUT2D eigenvalue weighted by Crippen LogP contribution is -2.11. The van der Waals surface area contributed by atoms with Crippen molar-refractivity contribution in [2.75, 3.05) is 7.11 Å². The van der Waals surface area contributed by atoms with E-state index in [2.05, 4.69) is 9.55 Å². The third kappa shape index (κ3) is 1.77.